The van der Waals surface area contributed by atoms with Gasteiger partial charge in [-0.3, -0.25) is 9.69 Å². The molecule has 0 aromatic heterocycles. The van der Waals surface area contributed by atoms with Gasteiger partial charge in [-0.25, -0.2) is 0 Å². The molecule has 20 heavy (non-hydrogen) atoms. The van der Waals surface area contributed by atoms with Crippen LogP contribution in [-0.4, -0.2) is 36.6 Å². The molecule has 0 bridgehead atoms. The number of rotatable bonds is 3. The molecule has 0 aliphatic carbocycles. The van der Waals surface area contributed by atoms with Crippen molar-refractivity contribution in [3.05, 3.63) is 28.2 Å². The van der Waals surface area contributed by atoms with Crippen molar-refractivity contribution < 1.29 is 18.0 Å². The van der Waals surface area contributed by atoms with Crippen molar-refractivity contribution in [3.63, 3.8) is 0 Å². The smallest absolute Gasteiger partial charge is 0.324 e. The van der Waals surface area contributed by atoms with E-state index >= 15 is 0 Å². The summed E-state index contributed by atoms with van der Waals surface area (Å²) in [5.41, 5.74) is 0.345. The fraction of sp³-hybridized carbons (Fsp3) is 0.417. The van der Waals surface area contributed by atoms with Gasteiger partial charge in [0.1, 0.15) is 0 Å². The van der Waals surface area contributed by atoms with Crippen LogP contribution in [0.25, 0.3) is 0 Å². The van der Waals surface area contributed by atoms with E-state index in [1.165, 1.54) is 4.90 Å². The third-order valence-corrected chi connectivity index (χ3v) is 3.83. The average Bonchev–Trinajstić information content (AvgIpc) is 2.27. The first kappa shape index (κ1) is 15.4. The van der Waals surface area contributed by atoms with E-state index in [0.717, 1.165) is 0 Å². The largest absolute Gasteiger partial charge is 0.394 e. The van der Waals surface area contributed by atoms with Crippen LogP contribution in [0.15, 0.2) is 18.2 Å². The van der Waals surface area contributed by atoms with Crippen molar-refractivity contribution in [2.75, 3.05) is 25.0 Å². The summed E-state index contributed by atoms with van der Waals surface area (Å²) in [7, 11) is 0. The van der Waals surface area contributed by atoms with Gasteiger partial charge < -0.3 is 5.32 Å². The highest BCUT2D eigenvalue weighted by Crippen LogP contribution is 2.33. The monoisotopic (exact) mass is 326 g/mol. The molecule has 1 amide bonds. The molecule has 1 aliphatic heterocycles. The Balaban J connectivity index is 1.84. The zero-order valence-corrected chi connectivity index (χ0v) is 11.7. The number of benzene rings is 1. The molecule has 1 saturated heterocycles. The minimum absolute atomic E-state index is 0.102. The Morgan fingerprint density at radius 1 is 1.35 bits per heavy atom. The molecular weight excluding hydrogens is 316 g/mol. The van der Waals surface area contributed by atoms with Gasteiger partial charge in [-0.05, 0) is 12.1 Å². The molecule has 1 aromatic rings. The molecule has 0 unspecified atom stereocenters. The normalized spacial score (nSPS) is 16.9. The molecule has 8 heteroatoms. The number of amides is 1. The standard InChI is InChI=1S/C12H11Cl2F3N2O/c13-8-2-1-3-9(11(8)14)18-10(20)6-19-4-7(5-19)12(15,16)17/h1-3,7H,4-6H2,(H,18,20). The quantitative estimate of drug-likeness (QED) is 0.923. The minimum Gasteiger partial charge on any atom is -0.324 e. The molecule has 0 saturated carbocycles. The van der Waals surface area contributed by atoms with E-state index in [1.54, 1.807) is 18.2 Å². The number of hydrogen-bond acceptors (Lipinski definition) is 2. The van der Waals surface area contributed by atoms with E-state index in [1.807, 2.05) is 0 Å². The Bertz CT molecular complexity index is 516. The number of carbonyl (C=O) groups excluding carboxylic acids is 1. The first-order valence-electron chi connectivity index (χ1n) is 5.80. The Kier molecular flexibility index (Phi) is 4.46. The fourth-order valence-corrected chi connectivity index (χ4v) is 2.25. The van der Waals surface area contributed by atoms with Crippen molar-refractivity contribution in [1.82, 2.24) is 4.90 Å². The number of anilines is 1. The van der Waals surface area contributed by atoms with Gasteiger partial charge in [0, 0.05) is 13.1 Å². The number of alkyl halides is 3. The summed E-state index contributed by atoms with van der Waals surface area (Å²) in [5, 5.41) is 3.03. The molecule has 3 nitrogen and oxygen atoms in total. The Labute approximate surface area is 123 Å². The zero-order chi connectivity index (χ0) is 14.9. The molecule has 2 rings (SSSR count). The van der Waals surface area contributed by atoms with Crippen LogP contribution in [0.3, 0.4) is 0 Å². The number of hydrogen-bond donors (Lipinski definition) is 1. The SMILES string of the molecule is O=C(CN1CC(C(F)(F)F)C1)Nc1cccc(Cl)c1Cl. The second kappa shape index (κ2) is 5.79. The average molecular weight is 327 g/mol. The number of halogens is 5. The summed E-state index contributed by atoms with van der Waals surface area (Å²) in [6.07, 6.45) is -4.19. The van der Waals surface area contributed by atoms with E-state index in [4.69, 9.17) is 23.2 Å². The summed E-state index contributed by atoms with van der Waals surface area (Å²) in [4.78, 5) is 13.1. The van der Waals surface area contributed by atoms with Crippen molar-refractivity contribution in [2.45, 2.75) is 6.18 Å². The molecule has 1 aromatic carbocycles. The van der Waals surface area contributed by atoms with Gasteiger partial charge in [-0.1, -0.05) is 29.3 Å². The highest BCUT2D eigenvalue weighted by molar-refractivity contribution is 6.43. The van der Waals surface area contributed by atoms with Gasteiger partial charge in [0.2, 0.25) is 5.91 Å². The highest BCUT2D eigenvalue weighted by Gasteiger charge is 2.47. The zero-order valence-electron chi connectivity index (χ0n) is 10.2. The molecule has 110 valence electrons. The Hall–Kier alpha value is -0.980. The van der Waals surface area contributed by atoms with Crippen molar-refractivity contribution >= 4 is 34.8 Å². The lowest BCUT2D eigenvalue weighted by molar-refractivity contribution is -0.208. The van der Waals surface area contributed by atoms with Crippen LogP contribution in [0.2, 0.25) is 10.0 Å². The van der Waals surface area contributed by atoms with E-state index in [-0.39, 0.29) is 24.7 Å². The van der Waals surface area contributed by atoms with Gasteiger partial charge in [0.15, 0.2) is 0 Å². The van der Waals surface area contributed by atoms with Crippen LogP contribution in [0.4, 0.5) is 18.9 Å². The summed E-state index contributed by atoms with van der Waals surface area (Å²) in [6.45, 7) is -0.407. The maximum atomic E-state index is 12.3. The summed E-state index contributed by atoms with van der Waals surface area (Å²) in [5.74, 6) is -1.76. The Morgan fingerprint density at radius 2 is 2.00 bits per heavy atom. The molecule has 1 fully saturated rings. The lowest BCUT2D eigenvalue weighted by atomic mass is 10.00. The second-order valence-electron chi connectivity index (χ2n) is 4.58. The molecule has 1 aliphatic rings. The van der Waals surface area contributed by atoms with Gasteiger partial charge in [-0.2, -0.15) is 13.2 Å². The van der Waals surface area contributed by atoms with E-state index < -0.39 is 18.0 Å². The molecular formula is C12H11Cl2F3N2O. The lowest BCUT2D eigenvalue weighted by Crippen LogP contribution is -2.55. The third kappa shape index (κ3) is 3.56. The van der Waals surface area contributed by atoms with Crippen molar-refractivity contribution in [1.29, 1.82) is 0 Å². The predicted molar refractivity (Wildman–Crippen MR) is 71.1 cm³/mol. The summed E-state index contributed by atoms with van der Waals surface area (Å²) in [6, 6.07) is 4.76. The lowest BCUT2D eigenvalue weighted by Gasteiger charge is -2.39. The van der Waals surface area contributed by atoms with Gasteiger partial charge in [0.25, 0.3) is 0 Å². The predicted octanol–water partition coefficient (Wildman–Crippen LogP) is 3.43. The molecule has 0 spiro atoms. The Morgan fingerprint density at radius 3 is 2.60 bits per heavy atom. The topological polar surface area (TPSA) is 32.3 Å². The first-order valence-corrected chi connectivity index (χ1v) is 6.56. The number of nitrogens with zero attached hydrogens (tertiary/aromatic N) is 1. The van der Waals surface area contributed by atoms with Gasteiger partial charge in [0.05, 0.1) is 28.2 Å². The summed E-state index contributed by atoms with van der Waals surface area (Å²) < 4.78 is 36.9. The summed E-state index contributed by atoms with van der Waals surface area (Å²) >= 11 is 11.7. The fourth-order valence-electron chi connectivity index (χ4n) is 1.90. The van der Waals surface area contributed by atoms with Crippen LogP contribution in [0.5, 0.6) is 0 Å². The van der Waals surface area contributed by atoms with Crippen molar-refractivity contribution in [2.24, 2.45) is 5.92 Å². The van der Waals surface area contributed by atoms with E-state index in [2.05, 4.69) is 5.32 Å². The highest BCUT2D eigenvalue weighted by atomic mass is 35.5. The molecule has 1 heterocycles. The van der Waals surface area contributed by atoms with Crippen LogP contribution in [0, 0.1) is 5.92 Å². The minimum atomic E-state index is -4.19. The first-order chi connectivity index (χ1) is 9.27. The van der Waals surface area contributed by atoms with E-state index in [0.29, 0.717) is 10.7 Å². The van der Waals surface area contributed by atoms with Gasteiger partial charge in [-0.15, -0.1) is 0 Å². The maximum absolute atomic E-state index is 12.3. The van der Waals surface area contributed by atoms with Gasteiger partial charge >= 0.3 is 6.18 Å². The molecule has 1 N–H and O–H groups in total. The second-order valence-corrected chi connectivity index (χ2v) is 5.37. The number of likely N-dealkylation sites (tertiary alicyclic amines) is 1. The molecule has 0 atom stereocenters. The van der Waals surface area contributed by atoms with E-state index in [9.17, 15) is 18.0 Å². The maximum Gasteiger partial charge on any atom is 0.394 e. The van der Waals surface area contributed by atoms with Crippen LogP contribution < -0.4 is 5.32 Å². The number of carbonyl (C=O) groups is 1. The molecule has 0 radical (unpaired) electrons. The number of nitrogens with one attached hydrogen (secondary N) is 1. The van der Waals surface area contributed by atoms with Crippen molar-refractivity contribution in [3.8, 4) is 0 Å². The van der Waals surface area contributed by atoms with Crippen LogP contribution in [0.1, 0.15) is 0 Å². The van der Waals surface area contributed by atoms with Crippen LogP contribution in [-0.2, 0) is 4.79 Å². The van der Waals surface area contributed by atoms with Crippen LogP contribution >= 0.6 is 23.2 Å². The third-order valence-electron chi connectivity index (χ3n) is 3.01.